The molecule has 400 valence electrons. The first kappa shape index (κ1) is 57.0. The van der Waals surface area contributed by atoms with Gasteiger partial charge >= 0.3 is 17.9 Å². The van der Waals surface area contributed by atoms with Crippen molar-refractivity contribution >= 4 is 51.9 Å². The van der Waals surface area contributed by atoms with E-state index in [1.54, 1.807) is 24.3 Å². The Kier molecular flexibility index (Phi) is 22.1. The summed E-state index contributed by atoms with van der Waals surface area (Å²) in [6.45, 7) is 0.450. The van der Waals surface area contributed by atoms with Gasteiger partial charge in [-0.25, -0.2) is 4.79 Å². The summed E-state index contributed by atoms with van der Waals surface area (Å²) in [5.41, 5.74) is 7.44. The Balaban J connectivity index is 0.828. The first-order valence-corrected chi connectivity index (χ1v) is 25.6. The molecule has 0 radical (unpaired) electrons. The van der Waals surface area contributed by atoms with Crippen molar-refractivity contribution in [2.24, 2.45) is 5.73 Å². The first-order chi connectivity index (χ1) is 35.1. The molecule has 2 saturated heterocycles. The van der Waals surface area contributed by atoms with Crippen molar-refractivity contribution in [3.63, 3.8) is 0 Å². The zero-order chi connectivity index (χ0) is 52.4. The van der Waals surface area contributed by atoms with Crippen LogP contribution in [0.25, 0.3) is 33.4 Å². The highest BCUT2D eigenvalue weighted by Gasteiger charge is 2.50. The van der Waals surface area contributed by atoms with Gasteiger partial charge in [-0.1, -0.05) is 70.3 Å². The van der Waals surface area contributed by atoms with Crippen LogP contribution in [0.3, 0.4) is 0 Å². The number of thiocarbonyl (C=S) groups is 1. The summed E-state index contributed by atoms with van der Waals surface area (Å²) >= 11 is 5.49. The van der Waals surface area contributed by atoms with E-state index in [-0.39, 0.29) is 47.5 Å². The number of unbranched alkanes of at least 4 members (excludes halogenated alkanes) is 12. The number of aromatic hydroxyl groups is 1. The SMILES string of the molecule is NCCCCCCCCCC(=O)OCC1O[C@H](O[C@H]2OC(COC(=O)CCCCCCCCCNC(=S)Nc3ccc(-c4c5ccc(=O)cc-5oc5cc(O)ccc45)c(C(=O)O)c3)[C@@H](O)C2O)C(O)C(O)[C@@H]1O. The number of carbonyl (C=O) groups is 3. The summed E-state index contributed by atoms with van der Waals surface area (Å²) < 4.78 is 33.2. The quantitative estimate of drug-likeness (QED) is 0.0158. The third-order valence-corrected chi connectivity index (χ3v) is 13.2. The van der Waals surface area contributed by atoms with Gasteiger partial charge in [0.25, 0.3) is 0 Å². The molecule has 9 atom stereocenters. The van der Waals surface area contributed by atoms with Crippen LogP contribution in [-0.4, -0.2) is 140 Å². The van der Waals surface area contributed by atoms with Crippen molar-refractivity contribution in [1.82, 2.24) is 5.32 Å². The Bertz CT molecular complexity index is 2470. The van der Waals surface area contributed by atoms with Crippen LogP contribution in [0.4, 0.5) is 5.69 Å². The summed E-state index contributed by atoms with van der Waals surface area (Å²) in [5, 5.41) is 80.2. The maximum Gasteiger partial charge on any atom is 0.336 e. The average Bonchev–Trinajstić information content (AvgIpc) is 3.63. The van der Waals surface area contributed by atoms with E-state index < -0.39 is 79.8 Å². The molecule has 20 nitrogen and oxygen atoms in total. The van der Waals surface area contributed by atoms with Crippen LogP contribution in [0.2, 0.25) is 0 Å². The molecule has 21 heteroatoms. The second-order valence-electron chi connectivity index (χ2n) is 18.5. The number of carbonyl (C=O) groups excluding carboxylic acids is 2. The predicted octanol–water partition coefficient (Wildman–Crippen LogP) is 4.81. The molecule has 2 aromatic rings. The van der Waals surface area contributed by atoms with Gasteiger partial charge in [-0.05, 0) is 86.4 Å². The molecule has 0 saturated carbocycles. The summed E-state index contributed by atoms with van der Waals surface area (Å²) in [4.78, 5) is 49.6. The number of carboxylic acid groups (broad SMARTS) is 1. The number of benzene rings is 3. The Hall–Kier alpha value is -5.33. The Morgan fingerprint density at radius 1 is 0.644 bits per heavy atom. The van der Waals surface area contributed by atoms with Crippen molar-refractivity contribution in [1.29, 1.82) is 0 Å². The van der Waals surface area contributed by atoms with Crippen LogP contribution < -0.4 is 21.8 Å². The van der Waals surface area contributed by atoms with Gasteiger partial charge in [0.1, 0.15) is 73.0 Å². The Morgan fingerprint density at radius 2 is 1.19 bits per heavy atom. The van der Waals surface area contributed by atoms with Crippen molar-refractivity contribution < 1.29 is 78.2 Å². The number of aliphatic hydroxyl groups is 5. The number of hydrogen-bond acceptors (Lipinski definition) is 18. The number of hydrogen-bond donors (Lipinski definition) is 10. The van der Waals surface area contributed by atoms with Gasteiger partial charge in [0.05, 0.1) is 5.56 Å². The van der Waals surface area contributed by atoms with E-state index in [1.165, 1.54) is 30.3 Å². The molecule has 1 aliphatic carbocycles. The van der Waals surface area contributed by atoms with E-state index >= 15 is 0 Å². The molecule has 3 aliphatic heterocycles. The fourth-order valence-corrected chi connectivity index (χ4v) is 9.10. The number of aromatic carboxylic acids is 1. The predicted molar refractivity (Wildman–Crippen MR) is 271 cm³/mol. The maximum absolute atomic E-state index is 12.6. The highest BCUT2D eigenvalue weighted by Crippen LogP contribution is 2.42. The summed E-state index contributed by atoms with van der Waals surface area (Å²) in [6.07, 6.45) is -1.06. The highest BCUT2D eigenvalue weighted by atomic mass is 32.1. The normalized spacial score (nSPS) is 22.8. The van der Waals surface area contributed by atoms with Crippen molar-refractivity contribution in [3.8, 4) is 28.2 Å². The fraction of sp³-hybridized carbons (Fsp3) is 0.558. The molecule has 73 heavy (non-hydrogen) atoms. The van der Waals surface area contributed by atoms with Gasteiger partial charge in [0.15, 0.2) is 23.1 Å². The molecule has 11 N–H and O–H groups in total. The van der Waals surface area contributed by atoms with E-state index in [2.05, 4.69) is 10.6 Å². The number of fused-ring (bicyclic) bond motifs is 2. The molecular weight excluding hydrogens is 971 g/mol. The average molecular weight is 1040 g/mol. The number of phenols is 1. The van der Waals surface area contributed by atoms with E-state index in [1.807, 2.05) is 0 Å². The molecule has 2 fully saturated rings. The molecule has 2 aromatic carbocycles. The van der Waals surface area contributed by atoms with Crippen molar-refractivity contribution in [2.75, 3.05) is 31.6 Å². The monoisotopic (exact) mass is 1040 g/mol. The lowest BCUT2D eigenvalue weighted by molar-refractivity contribution is -0.342. The molecule has 5 unspecified atom stereocenters. The number of rotatable bonds is 28. The lowest BCUT2D eigenvalue weighted by atomic mass is 9.90. The van der Waals surface area contributed by atoms with Crippen LogP contribution in [0.1, 0.15) is 113 Å². The molecule has 3 heterocycles. The molecule has 0 amide bonds. The third-order valence-electron chi connectivity index (χ3n) is 13.0. The molecule has 0 spiro atoms. The highest BCUT2D eigenvalue weighted by molar-refractivity contribution is 7.80. The maximum atomic E-state index is 12.6. The number of esters is 2. The number of anilines is 1. The molecular formula is C52H69N3O17S. The fourth-order valence-electron chi connectivity index (χ4n) is 8.88. The van der Waals surface area contributed by atoms with Gasteiger partial charge in [-0.2, -0.15) is 0 Å². The van der Waals surface area contributed by atoms with E-state index in [9.17, 15) is 54.9 Å². The Morgan fingerprint density at radius 3 is 1.79 bits per heavy atom. The number of nitrogens with two attached hydrogens (primary N) is 1. The second kappa shape index (κ2) is 28.4. The van der Waals surface area contributed by atoms with Crippen LogP contribution in [0, 0.1) is 0 Å². The summed E-state index contributed by atoms with van der Waals surface area (Å²) in [6, 6.07) is 13.7. The van der Waals surface area contributed by atoms with Gasteiger partial charge in [0, 0.05) is 53.7 Å². The van der Waals surface area contributed by atoms with Crippen LogP contribution >= 0.6 is 12.2 Å². The first-order valence-electron chi connectivity index (χ1n) is 25.1. The number of phenolic OH excluding ortho intramolecular Hbond substituents is 1. The number of ether oxygens (including phenoxy) is 5. The lowest BCUT2D eigenvalue weighted by Crippen LogP contribution is -2.60. The van der Waals surface area contributed by atoms with Gasteiger partial charge in [0.2, 0.25) is 0 Å². The third kappa shape index (κ3) is 16.3. The van der Waals surface area contributed by atoms with Crippen molar-refractivity contribution in [2.45, 2.75) is 158 Å². The minimum absolute atomic E-state index is 0.00692. The lowest BCUT2D eigenvalue weighted by Gasteiger charge is -2.40. The molecule has 4 aliphatic rings. The molecule has 6 rings (SSSR count). The van der Waals surface area contributed by atoms with Gasteiger partial charge in [-0.15, -0.1) is 0 Å². The van der Waals surface area contributed by atoms with E-state index in [0.29, 0.717) is 58.8 Å². The van der Waals surface area contributed by atoms with Crippen LogP contribution in [0.15, 0.2) is 63.8 Å². The minimum Gasteiger partial charge on any atom is -0.508 e. The summed E-state index contributed by atoms with van der Waals surface area (Å²) in [5.74, 6) is -1.99. The smallest absolute Gasteiger partial charge is 0.336 e. The topological polar surface area (TPSA) is 319 Å². The Labute approximate surface area is 428 Å². The van der Waals surface area contributed by atoms with Crippen molar-refractivity contribution in [3.05, 3.63) is 70.4 Å². The van der Waals surface area contributed by atoms with Gasteiger partial charge < -0.3 is 80.2 Å². The molecule has 0 aromatic heterocycles. The number of carboxylic acids is 1. The molecule has 0 bridgehead atoms. The van der Waals surface area contributed by atoms with Crippen LogP contribution in [-0.2, 0) is 33.3 Å². The van der Waals surface area contributed by atoms with E-state index in [4.69, 9.17) is 46.1 Å². The zero-order valence-electron chi connectivity index (χ0n) is 40.7. The standard InChI is InChI=1S/C52H69N3O17S/c53-23-13-9-5-1-3-7-11-15-41(58)67-28-39-44(60)46(62)48(64)51(70-39)72-50-47(63)45(61)40(71-50)29-68-42(59)16-12-8-4-2-6-10-14-24-54-52(73)55-30-17-20-33(36(25-30)49(65)66)43-34-21-18-31(56)26-37(34)69-38-27-32(57)19-22-35(38)43/h17-22,25-27,39-40,44-48,50-51,56,60-64H,1-16,23-24,28-29,53H2,(H,65,66)(H2,54,55,73)/t39?,40?,44-,45-,46?,47?,48?,50-,51-/m1/s1. The van der Waals surface area contributed by atoms with Crippen LogP contribution in [0.5, 0.6) is 5.75 Å². The second-order valence-corrected chi connectivity index (χ2v) is 18.9. The minimum atomic E-state index is -1.78. The van der Waals surface area contributed by atoms with Gasteiger partial charge in [-0.3, -0.25) is 14.4 Å². The number of nitrogens with one attached hydrogen (secondary N) is 2. The number of aliphatic hydroxyl groups excluding tert-OH is 5. The van der Waals surface area contributed by atoms with E-state index in [0.717, 1.165) is 77.0 Å². The zero-order valence-corrected chi connectivity index (χ0v) is 41.5. The summed E-state index contributed by atoms with van der Waals surface area (Å²) in [7, 11) is 0. The largest absolute Gasteiger partial charge is 0.508 e.